The van der Waals surface area contributed by atoms with Crippen LogP contribution >= 0.6 is 34.8 Å². The van der Waals surface area contributed by atoms with Crippen LogP contribution in [0.4, 0.5) is 0 Å². The highest BCUT2D eigenvalue weighted by atomic mass is 127. The molecular formula is C16H15IN2OS. The highest BCUT2D eigenvalue weighted by Gasteiger charge is 2.19. The number of nitrogens with two attached hydrogens (primary N) is 1. The van der Waals surface area contributed by atoms with Crippen LogP contribution in [0.3, 0.4) is 0 Å². The van der Waals surface area contributed by atoms with Crippen molar-refractivity contribution in [2.24, 2.45) is 5.73 Å². The number of carbonyl (C=O) groups excluding carboxylic acids is 1. The van der Waals surface area contributed by atoms with Crippen LogP contribution in [0.2, 0.25) is 0 Å². The van der Waals surface area contributed by atoms with Crippen molar-refractivity contribution in [3.63, 3.8) is 0 Å². The molecule has 0 saturated heterocycles. The first-order valence-corrected chi connectivity index (χ1v) is 7.89. The van der Waals surface area contributed by atoms with Gasteiger partial charge in [-0.15, -0.1) is 0 Å². The van der Waals surface area contributed by atoms with Crippen molar-refractivity contribution >= 4 is 45.7 Å². The Hall–Kier alpha value is -1.47. The third-order valence-corrected chi connectivity index (χ3v) is 4.80. The first-order chi connectivity index (χ1) is 10.0. The molecule has 0 aromatic heterocycles. The van der Waals surface area contributed by atoms with Gasteiger partial charge in [-0.2, -0.15) is 0 Å². The predicted molar refractivity (Wildman–Crippen MR) is 97.3 cm³/mol. The van der Waals surface area contributed by atoms with E-state index in [-0.39, 0.29) is 10.9 Å². The van der Waals surface area contributed by atoms with E-state index in [4.69, 9.17) is 18.0 Å². The molecule has 0 radical (unpaired) electrons. The summed E-state index contributed by atoms with van der Waals surface area (Å²) in [5, 5.41) is 2.91. The number of halogens is 1. The molecule has 0 bridgehead atoms. The van der Waals surface area contributed by atoms with Gasteiger partial charge in [0.15, 0.2) is 0 Å². The van der Waals surface area contributed by atoms with Gasteiger partial charge in [0.1, 0.15) is 11.0 Å². The van der Waals surface area contributed by atoms with Crippen molar-refractivity contribution in [2.45, 2.75) is 13.0 Å². The van der Waals surface area contributed by atoms with Crippen molar-refractivity contribution in [1.29, 1.82) is 0 Å². The summed E-state index contributed by atoms with van der Waals surface area (Å²) >= 11 is 7.26. The fourth-order valence-corrected chi connectivity index (χ4v) is 2.80. The molecule has 2 rings (SSSR count). The fraction of sp³-hybridized carbons (Fsp3) is 0.125. The lowest BCUT2D eigenvalue weighted by Gasteiger charge is -2.18. The Labute approximate surface area is 143 Å². The normalized spacial score (nSPS) is 11.7. The number of benzene rings is 2. The van der Waals surface area contributed by atoms with Gasteiger partial charge in [0, 0.05) is 3.57 Å². The number of amides is 1. The molecule has 0 aliphatic carbocycles. The van der Waals surface area contributed by atoms with Crippen LogP contribution in [0.25, 0.3) is 0 Å². The Morgan fingerprint density at radius 1 is 1.19 bits per heavy atom. The van der Waals surface area contributed by atoms with Gasteiger partial charge < -0.3 is 11.1 Å². The Morgan fingerprint density at radius 2 is 1.86 bits per heavy atom. The molecule has 3 nitrogen and oxygen atoms in total. The summed E-state index contributed by atoms with van der Waals surface area (Å²) in [4.78, 5) is 12.7. The maximum Gasteiger partial charge on any atom is 0.253 e. The molecule has 1 unspecified atom stereocenters. The van der Waals surface area contributed by atoms with E-state index in [1.807, 2.05) is 49.4 Å². The summed E-state index contributed by atoms with van der Waals surface area (Å²) < 4.78 is 0.933. The van der Waals surface area contributed by atoms with Gasteiger partial charge in [0.2, 0.25) is 0 Å². The van der Waals surface area contributed by atoms with Crippen molar-refractivity contribution in [1.82, 2.24) is 5.32 Å². The average molecular weight is 410 g/mol. The maximum absolute atomic E-state index is 12.5. The van der Waals surface area contributed by atoms with E-state index in [9.17, 15) is 4.79 Å². The number of nitrogens with one attached hydrogen (secondary N) is 1. The Bertz CT molecular complexity index is 673. The Morgan fingerprint density at radius 3 is 2.48 bits per heavy atom. The second-order valence-electron chi connectivity index (χ2n) is 4.66. The summed E-state index contributed by atoms with van der Waals surface area (Å²) in [5.74, 6) is -0.176. The second-order valence-corrected chi connectivity index (χ2v) is 6.21. The average Bonchev–Trinajstić information content (AvgIpc) is 2.48. The van der Waals surface area contributed by atoms with Gasteiger partial charge >= 0.3 is 0 Å². The van der Waals surface area contributed by atoms with E-state index < -0.39 is 6.04 Å². The van der Waals surface area contributed by atoms with Gasteiger partial charge in [-0.1, -0.05) is 54.7 Å². The van der Waals surface area contributed by atoms with E-state index >= 15 is 0 Å². The first-order valence-electron chi connectivity index (χ1n) is 6.41. The van der Waals surface area contributed by atoms with Crippen LogP contribution < -0.4 is 11.1 Å². The predicted octanol–water partition coefficient (Wildman–Crippen LogP) is 3.36. The van der Waals surface area contributed by atoms with Crippen LogP contribution in [0.5, 0.6) is 0 Å². The molecule has 108 valence electrons. The minimum atomic E-state index is -0.468. The zero-order valence-electron chi connectivity index (χ0n) is 11.5. The van der Waals surface area contributed by atoms with E-state index in [1.54, 1.807) is 6.07 Å². The summed E-state index contributed by atoms with van der Waals surface area (Å²) in [7, 11) is 0. The minimum absolute atomic E-state index is 0.176. The molecule has 0 spiro atoms. The molecular weight excluding hydrogens is 395 g/mol. The quantitative estimate of drug-likeness (QED) is 0.601. The first kappa shape index (κ1) is 15.9. The molecule has 0 fully saturated rings. The molecule has 0 aliphatic heterocycles. The van der Waals surface area contributed by atoms with Crippen LogP contribution in [0.15, 0.2) is 48.5 Å². The van der Waals surface area contributed by atoms with Crippen LogP contribution in [-0.2, 0) is 0 Å². The number of aryl methyl sites for hydroxylation is 1. The Balaban J connectivity index is 2.28. The van der Waals surface area contributed by atoms with E-state index in [2.05, 4.69) is 27.9 Å². The molecule has 1 amide bonds. The monoisotopic (exact) mass is 410 g/mol. The molecule has 2 aromatic rings. The van der Waals surface area contributed by atoms with E-state index in [0.717, 1.165) is 14.7 Å². The highest BCUT2D eigenvalue weighted by molar-refractivity contribution is 14.1. The summed E-state index contributed by atoms with van der Waals surface area (Å²) in [6.07, 6.45) is 0. The molecule has 0 aliphatic rings. The van der Waals surface area contributed by atoms with Gasteiger partial charge in [0.25, 0.3) is 5.91 Å². The third kappa shape index (κ3) is 3.79. The lowest BCUT2D eigenvalue weighted by atomic mass is 10.1. The van der Waals surface area contributed by atoms with Crippen molar-refractivity contribution in [3.8, 4) is 0 Å². The standard InChI is InChI=1S/C16H15IN2OS/c1-10-6-5-9-12(13(10)17)16(20)19-14(15(18)21)11-7-3-2-4-8-11/h2-9,14H,1H3,(H2,18,21)(H,19,20). The molecule has 2 aromatic carbocycles. The smallest absolute Gasteiger partial charge is 0.253 e. The number of hydrogen-bond donors (Lipinski definition) is 2. The van der Waals surface area contributed by atoms with Gasteiger partial charge in [0.05, 0.1) is 5.56 Å². The van der Waals surface area contributed by atoms with Gasteiger partial charge in [-0.25, -0.2) is 0 Å². The molecule has 5 heteroatoms. The van der Waals surface area contributed by atoms with Gasteiger partial charge in [-0.3, -0.25) is 4.79 Å². The molecule has 0 saturated carbocycles. The summed E-state index contributed by atoms with van der Waals surface area (Å²) in [6.45, 7) is 1.97. The van der Waals surface area contributed by atoms with E-state index in [1.165, 1.54) is 0 Å². The second kappa shape index (κ2) is 7.00. The maximum atomic E-state index is 12.5. The largest absolute Gasteiger partial charge is 0.391 e. The zero-order valence-corrected chi connectivity index (χ0v) is 14.4. The summed E-state index contributed by atoms with van der Waals surface area (Å²) in [6, 6.07) is 14.6. The van der Waals surface area contributed by atoms with Crippen LogP contribution in [0.1, 0.15) is 27.5 Å². The third-order valence-electron chi connectivity index (χ3n) is 3.13. The van der Waals surface area contributed by atoms with Crippen molar-refractivity contribution in [2.75, 3.05) is 0 Å². The minimum Gasteiger partial charge on any atom is -0.391 e. The SMILES string of the molecule is Cc1cccc(C(=O)NC(C(N)=S)c2ccccc2)c1I. The molecule has 21 heavy (non-hydrogen) atoms. The number of carbonyl (C=O) groups is 1. The number of thiocarbonyl (C=S) groups is 1. The van der Waals surface area contributed by atoms with Gasteiger partial charge in [-0.05, 0) is 46.7 Å². The van der Waals surface area contributed by atoms with Crippen molar-refractivity contribution < 1.29 is 4.79 Å². The summed E-state index contributed by atoms with van der Waals surface area (Å²) in [5.41, 5.74) is 8.35. The van der Waals surface area contributed by atoms with Crippen molar-refractivity contribution in [3.05, 3.63) is 68.8 Å². The zero-order chi connectivity index (χ0) is 15.4. The van der Waals surface area contributed by atoms with Crippen LogP contribution in [0, 0.1) is 10.5 Å². The Kier molecular flexibility index (Phi) is 5.30. The lowest BCUT2D eigenvalue weighted by molar-refractivity contribution is 0.0946. The number of rotatable bonds is 4. The fourth-order valence-electron chi connectivity index (χ4n) is 2.00. The molecule has 3 N–H and O–H groups in total. The number of hydrogen-bond acceptors (Lipinski definition) is 2. The van der Waals surface area contributed by atoms with E-state index in [0.29, 0.717) is 5.56 Å². The topological polar surface area (TPSA) is 55.1 Å². The lowest BCUT2D eigenvalue weighted by Crippen LogP contribution is -2.36. The van der Waals surface area contributed by atoms with Crippen LogP contribution in [-0.4, -0.2) is 10.9 Å². The molecule has 1 atom stereocenters. The highest BCUT2D eigenvalue weighted by Crippen LogP contribution is 2.19. The molecule has 0 heterocycles.